The third-order valence-electron chi connectivity index (χ3n) is 7.62. The van der Waals surface area contributed by atoms with E-state index >= 15 is 0 Å². The van der Waals surface area contributed by atoms with Crippen LogP contribution in [0.1, 0.15) is 27.7 Å². The Bertz CT molecular complexity index is 2310. The highest BCUT2D eigenvalue weighted by atomic mass is 16.6. The number of carbonyl (C=O) groups is 4. The Kier molecular flexibility index (Phi) is 9.94. The molecule has 0 radical (unpaired) electrons. The van der Waals surface area contributed by atoms with Crippen LogP contribution in [0.25, 0.3) is 43.8 Å². The maximum atomic E-state index is 12.5. The molecule has 0 heterocycles. The second-order valence-corrected chi connectivity index (χ2v) is 11.9. The predicted octanol–water partition coefficient (Wildman–Crippen LogP) is 9.25. The molecule has 0 atom stereocenters. The lowest BCUT2D eigenvalue weighted by Gasteiger charge is -2.15. The molecule has 50 heavy (non-hydrogen) atoms. The van der Waals surface area contributed by atoms with Crippen molar-refractivity contribution in [3.05, 3.63) is 134 Å². The zero-order valence-corrected chi connectivity index (χ0v) is 28.2. The average molecular weight is 667 g/mol. The van der Waals surface area contributed by atoms with Crippen LogP contribution < -0.4 is 18.9 Å². The van der Waals surface area contributed by atoms with Crippen LogP contribution in [0.5, 0.6) is 23.0 Å². The van der Waals surface area contributed by atoms with E-state index in [9.17, 15) is 19.2 Å². The highest BCUT2D eigenvalue weighted by molar-refractivity contribution is 6.13. The molecule has 0 aliphatic carbocycles. The fourth-order valence-corrected chi connectivity index (χ4v) is 4.96. The molecule has 0 aromatic heterocycles. The summed E-state index contributed by atoms with van der Waals surface area (Å²) in [5, 5.41) is 3.79. The van der Waals surface area contributed by atoms with Crippen molar-refractivity contribution in [2.45, 2.75) is 27.7 Å². The summed E-state index contributed by atoms with van der Waals surface area (Å²) in [6, 6.07) is 25.9. The predicted molar refractivity (Wildman–Crippen MR) is 194 cm³/mol. The number of benzene rings is 5. The lowest BCUT2D eigenvalue weighted by Crippen LogP contribution is -2.12. The minimum atomic E-state index is -0.661. The topological polar surface area (TPSA) is 105 Å². The number of fused-ring (bicyclic) bond motifs is 3. The normalized spacial score (nSPS) is 10.6. The molecule has 0 spiro atoms. The first-order valence-electron chi connectivity index (χ1n) is 15.5. The van der Waals surface area contributed by atoms with Crippen LogP contribution >= 0.6 is 0 Å². The number of esters is 4. The van der Waals surface area contributed by atoms with E-state index in [0.29, 0.717) is 5.56 Å². The van der Waals surface area contributed by atoms with Crippen LogP contribution in [0.15, 0.2) is 134 Å². The van der Waals surface area contributed by atoms with Crippen molar-refractivity contribution < 1.29 is 38.1 Å². The van der Waals surface area contributed by atoms with Gasteiger partial charge in [-0.1, -0.05) is 80.9 Å². The third-order valence-corrected chi connectivity index (χ3v) is 7.62. The Labute approximate surface area is 289 Å². The fourth-order valence-electron chi connectivity index (χ4n) is 4.96. The second-order valence-electron chi connectivity index (χ2n) is 11.9. The SMILES string of the molecule is C=C(C)C(=O)Oc1ccc(-c2ccc3ccc4c(-c5ccc(OC(=O)C(=C)C)c(OC(=O)C(=C)C)c5)cccc4c3c2)cc1OC(=O)C(=C)C. The first-order chi connectivity index (χ1) is 23.7. The van der Waals surface area contributed by atoms with Crippen molar-refractivity contribution in [1.29, 1.82) is 0 Å². The van der Waals surface area contributed by atoms with Gasteiger partial charge in [0.15, 0.2) is 23.0 Å². The van der Waals surface area contributed by atoms with E-state index in [0.717, 1.165) is 38.2 Å². The molecular weight excluding hydrogens is 632 g/mol. The maximum absolute atomic E-state index is 12.5. The quantitative estimate of drug-likeness (QED) is 0.0629. The molecule has 0 aliphatic rings. The van der Waals surface area contributed by atoms with E-state index in [1.54, 1.807) is 36.4 Å². The molecule has 0 saturated heterocycles. The summed E-state index contributed by atoms with van der Waals surface area (Å²) >= 11 is 0. The molecule has 8 heteroatoms. The van der Waals surface area contributed by atoms with Crippen molar-refractivity contribution in [3.8, 4) is 45.3 Å². The highest BCUT2D eigenvalue weighted by Crippen LogP contribution is 2.40. The zero-order valence-electron chi connectivity index (χ0n) is 28.2. The molecule has 8 nitrogen and oxygen atoms in total. The molecule has 0 aliphatic heterocycles. The Morgan fingerprint density at radius 1 is 0.420 bits per heavy atom. The van der Waals surface area contributed by atoms with E-state index in [2.05, 4.69) is 26.3 Å². The lowest BCUT2D eigenvalue weighted by atomic mass is 9.93. The lowest BCUT2D eigenvalue weighted by molar-refractivity contribution is -0.132. The van der Waals surface area contributed by atoms with Gasteiger partial charge in [-0.15, -0.1) is 0 Å². The molecule has 5 aromatic carbocycles. The van der Waals surface area contributed by atoms with Gasteiger partial charge in [0.2, 0.25) is 0 Å². The van der Waals surface area contributed by atoms with Crippen molar-refractivity contribution in [2.75, 3.05) is 0 Å². The molecule has 250 valence electrons. The highest BCUT2D eigenvalue weighted by Gasteiger charge is 2.19. The summed E-state index contributed by atoms with van der Waals surface area (Å²) in [6.45, 7) is 20.6. The summed E-state index contributed by atoms with van der Waals surface area (Å²) in [6.07, 6.45) is 0. The second kappa shape index (κ2) is 14.3. The smallest absolute Gasteiger partial charge is 0.338 e. The maximum Gasteiger partial charge on any atom is 0.338 e. The monoisotopic (exact) mass is 666 g/mol. The standard InChI is InChI=1S/C42H34O8/c1-23(2)39(43)47-35-18-15-29(21-37(35)49-41(45)25(5)6)28-13-12-27-14-17-33-31(10-9-11-32(33)34(27)20-28)30-16-19-36(48-40(44)24(3)4)38(22-30)50-42(46)26(7)8/h9-22H,1,3,5,7H2,2,4,6,8H3. The minimum absolute atomic E-state index is 0.0608. The van der Waals surface area contributed by atoms with Crippen LogP contribution in [0, 0.1) is 0 Å². The van der Waals surface area contributed by atoms with Crippen LogP contribution in [0.2, 0.25) is 0 Å². The molecule has 5 rings (SSSR count). The van der Waals surface area contributed by atoms with Crippen LogP contribution in [0.4, 0.5) is 0 Å². The first kappa shape index (κ1) is 34.8. The van der Waals surface area contributed by atoms with Crippen molar-refractivity contribution in [3.63, 3.8) is 0 Å². The van der Waals surface area contributed by atoms with E-state index in [4.69, 9.17) is 18.9 Å². The summed E-state index contributed by atoms with van der Waals surface area (Å²) in [4.78, 5) is 49.6. The molecule has 0 unspecified atom stereocenters. The van der Waals surface area contributed by atoms with E-state index in [-0.39, 0.29) is 45.3 Å². The van der Waals surface area contributed by atoms with Crippen LogP contribution in [-0.2, 0) is 19.2 Å². The number of hydrogen-bond acceptors (Lipinski definition) is 8. The Morgan fingerprint density at radius 3 is 1.36 bits per heavy atom. The van der Waals surface area contributed by atoms with Gasteiger partial charge in [0.25, 0.3) is 0 Å². The molecule has 5 aromatic rings. The third kappa shape index (κ3) is 7.45. The molecule has 0 amide bonds. The molecule has 0 N–H and O–H groups in total. The van der Waals surface area contributed by atoms with Gasteiger partial charge in [0.05, 0.1) is 0 Å². The van der Waals surface area contributed by atoms with Gasteiger partial charge in [0.1, 0.15) is 0 Å². The number of rotatable bonds is 10. The Hall–Kier alpha value is -6.54. The molecule has 0 bridgehead atoms. The van der Waals surface area contributed by atoms with Gasteiger partial charge in [0, 0.05) is 22.3 Å². The van der Waals surface area contributed by atoms with Crippen LogP contribution in [-0.4, -0.2) is 23.9 Å². The van der Waals surface area contributed by atoms with Gasteiger partial charge in [-0.3, -0.25) is 0 Å². The summed E-state index contributed by atoms with van der Waals surface area (Å²) in [5.74, 6) is -2.36. The largest absolute Gasteiger partial charge is 0.419 e. The van der Waals surface area contributed by atoms with Crippen molar-refractivity contribution >= 4 is 45.4 Å². The number of carbonyl (C=O) groups excluding carboxylic acids is 4. The van der Waals surface area contributed by atoms with E-state index < -0.39 is 23.9 Å². The summed E-state index contributed by atoms with van der Waals surface area (Å²) in [5.41, 5.74) is 3.85. The minimum Gasteiger partial charge on any atom is -0.419 e. The summed E-state index contributed by atoms with van der Waals surface area (Å²) in [7, 11) is 0. The summed E-state index contributed by atoms with van der Waals surface area (Å²) < 4.78 is 22.0. The van der Waals surface area contributed by atoms with E-state index in [1.807, 2.05) is 48.5 Å². The molecule has 0 saturated carbocycles. The van der Waals surface area contributed by atoms with E-state index in [1.165, 1.54) is 27.7 Å². The number of hydrogen-bond donors (Lipinski definition) is 0. The molecular formula is C42H34O8. The van der Waals surface area contributed by atoms with Crippen LogP contribution in [0.3, 0.4) is 0 Å². The molecule has 0 fully saturated rings. The van der Waals surface area contributed by atoms with Gasteiger partial charge in [-0.05, 0) is 102 Å². The van der Waals surface area contributed by atoms with Gasteiger partial charge < -0.3 is 18.9 Å². The first-order valence-corrected chi connectivity index (χ1v) is 15.5. The van der Waals surface area contributed by atoms with Gasteiger partial charge in [-0.25, -0.2) is 19.2 Å². The van der Waals surface area contributed by atoms with Crippen molar-refractivity contribution in [1.82, 2.24) is 0 Å². The average Bonchev–Trinajstić information content (AvgIpc) is 3.08. The number of ether oxygens (including phenoxy) is 4. The van der Waals surface area contributed by atoms with Crippen molar-refractivity contribution in [2.24, 2.45) is 0 Å². The Morgan fingerprint density at radius 2 is 0.840 bits per heavy atom. The fraction of sp³-hybridized carbons (Fsp3) is 0.0952. The van der Waals surface area contributed by atoms with Gasteiger partial charge >= 0.3 is 23.9 Å². The van der Waals surface area contributed by atoms with Gasteiger partial charge in [-0.2, -0.15) is 0 Å². The Balaban J connectivity index is 1.61. The zero-order chi connectivity index (χ0) is 36.3.